The molecule has 0 aromatic carbocycles. The Labute approximate surface area is 72.5 Å². The molecule has 2 nitrogen and oxygen atoms in total. The number of halogens is 4. The monoisotopic (exact) mass is 246 g/mol. The second-order valence-corrected chi connectivity index (χ2v) is 3.28. The Bertz CT molecular complexity index is 269. The summed E-state index contributed by atoms with van der Waals surface area (Å²) in [6, 6.07) is 0. The smallest absolute Gasteiger partial charge is 0.382 e. The highest BCUT2D eigenvalue weighted by molar-refractivity contribution is 9.10. The van der Waals surface area contributed by atoms with Crippen molar-refractivity contribution in [3.05, 3.63) is 9.35 Å². The molecule has 0 fully saturated rings. The fraction of sp³-hybridized carbons (Fsp3) is 0.250. The third kappa shape index (κ3) is 1.64. The molecule has 0 saturated heterocycles. The Balaban J connectivity index is 3.15. The van der Waals surface area contributed by atoms with Crippen LogP contribution in [0.4, 0.5) is 19.0 Å². The number of rotatable bonds is 0. The molecule has 1 rings (SSSR count). The van der Waals surface area contributed by atoms with Gasteiger partial charge in [-0.1, -0.05) is 0 Å². The first-order valence-corrected chi connectivity index (χ1v) is 3.97. The first-order valence-electron chi connectivity index (χ1n) is 2.40. The van der Waals surface area contributed by atoms with Gasteiger partial charge in [-0.15, -0.1) is 0 Å². The number of aromatic nitrogens is 1. The van der Waals surface area contributed by atoms with E-state index in [0.717, 1.165) is 0 Å². The number of anilines is 1. The van der Waals surface area contributed by atoms with Crippen molar-refractivity contribution in [1.82, 2.24) is 4.37 Å². The van der Waals surface area contributed by atoms with Crippen LogP contribution >= 0.6 is 27.5 Å². The van der Waals surface area contributed by atoms with Crippen molar-refractivity contribution in [2.75, 3.05) is 5.73 Å². The highest BCUT2D eigenvalue weighted by Gasteiger charge is 2.36. The first-order chi connectivity index (χ1) is 4.93. The fourth-order valence-electron chi connectivity index (χ4n) is 0.467. The van der Waals surface area contributed by atoms with Gasteiger partial charge >= 0.3 is 6.18 Å². The molecule has 0 spiro atoms. The van der Waals surface area contributed by atoms with E-state index in [4.69, 9.17) is 5.73 Å². The van der Waals surface area contributed by atoms with Gasteiger partial charge in [0, 0.05) is 0 Å². The normalized spacial score (nSPS) is 12.0. The van der Waals surface area contributed by atoms with Crippen LogP contribution in [-0.4, -0.2) is 4.37 Å². The molecular formula is C4H2BrF3N2S. The maximum Gasteiger partial charge on any atom is 0.428 e. The van der Waals surface area contributed by atoms with Crippen LogP contribution in [0.3, 0.4) is 0 Å². The Morgan fingerprint density at radius 3 is 2.18 bits per heavy atom. The summed E-state index contributed by atoms with van der Waals surface area (Å²) in [5.41, 5.74) is 5.09. The van der Waals surface area contributed by atoms with E-state index >= 15 is 0 Å². The van der Waals surface area contributed by atoms with E-state index in [2.05, 4.69) is 20.3 Å². The summed E-state index contributed by atoms with van der Waals surface area (Å²) in [6.07, 6.45) is -4.37. The zero-order valence-electron chi connectivity index (χ0n) is 4.94. The molecule has 1 aromatic heterocycles. The maximum atomic E-state index is 11.9. The quantitative estimate of drug-likeness (QED) is 0.764. The predicted molar refractivity (Wildman–Crippen MR) is 39.2 cm³/mol. The predicted octanol–water partition coefficient (Wildman–Crippen LogP) is 2.51. The lowest BCUT2D eigenvalue weighted by Crippen LogP contribution is -2.02. The van der Waals surface area contributed by atoms with Gasteiger partial charge in [0.05, 0.1) is 4.47 Å². The molecule has 0 aliphatic carbocycles. The second kappa shape index (κ2) is 2.63. The van der Waals surface area contributed by atoms with E-state index in [-0.39, 0.29) is 10.3 Å². The van der Waals surface area contributed by atoms with Gasteiger partial charge < -0.3 is 5.73 Å². The Morgan fingerprint density at radius 2 is 2.00 bits per heavy atom. The molecule has 7 heteroatoms. The lowest BCUT2D eigenvalue weighted by Gasteiger charge is -2.01. The topological polar surface area (TPSA) is 38.9 Å². The van der Waals surface area contributed by atoms with Crippen LogP contribution in [0.5, 0.6) is 0 Å². The van der Waals surface area contributed by atoms with E-state index in [9.17, 15) is 13.2 Å². The van der Waals surface area contributed by atoms with Crippen LogP contribution < -0.4 is 5.73 Å². The second-order valence-electron chi connectivity index (χ2n) is 1.71. The largest absolute Gasteiger partial charge is 0.428 e. The third-order valence-electron chi connectivity index (χ3n) is 0.917. The molecule has 0 amide bonds. The molecule has 0 atom stereocenters. The van der Waals surface area contributed by atoms with Gasteiger partial charge in [-0.3, -0.25) is 0 Å². The highest BCUT2D eigenvalue weighted by Crippen LogP contribution is 2.40. The molecule has 2 N–H and O–H groups in total. The van der Waals surface area contributed by atoms with Crippen molar-refractivity contribution in [3.8, 4) is 0 Å². The van der Waals surface area contributed by atoms with Gasteiger partial charge in [-0.25, -0.2) is 0 Å². The van der Waals surface area contributed by atoms with Gasteiger partial charge in [0.25, 0.3) is 0 Å². The van der Waals surface area contributed by atoms with E-state index in [1.54, 1.807) is 0 Å². The Kier molecular flexibility index (Phi) is 2.10. The Morgan fingerprint density at radius 1 is 1.45 bits per heavy atom. The van der Waals surface area contributed by atoms with Gasteiger partial charge in [-0.05, 0) is 27.5 Å². The minimum Gasteiger partial charge on any atom is -0.382 e. The molecule has 1 heterocycles. The summed E-state index contributed by atoms with van der Waals surface area (Å²) in [5, 5.41) is 0. The number of hydrogen-bond donors (Lipinski definition) is 1. The molecular weight excluding hydrogens is 245 g/mol. The minimum atomic E-state index is -4.37. The van der Waals surface area contributed by atoms with E-state index in [1.165, 1.54) is 0 Å². The summed E-state index contributed by atoms with van der Waals surface area (Å²) in [6.45, 7) is 0. The average molecular weight is 247 g/mol. The van der Waals surface area contributed by atoms with Crippen LogP contribution in [0, 0.1) is 0 Å². The summed E-state index contributed by atoms with van der Waals surface area (Å²) >= 11 is 3.03. The molecule has 62 valence electrons. The summed E-state index contributed by atoms with van der Waals surface area (Å²) in [7, 11) is 0. The van der Waals surface area contributed by atoms with Gasteiger partial charge in [-0.2, -0.15) is 17.5 Å². The molecule has 0 aliphatic rings. The van der Waals surface area contributed by atoms with E-state index < -0.39 is 11.1 Å². The highest BCUT2D eigenvalue weighted by atomic mass is 79.9. The van der Waals surface area contributed by atoms with Gasteiger partial charge in [0.2, 0.25) is 0 Å². The summed E-state index contributed by atoms with van der Waals surface area (Å²) < 4.78 is 39.0. The van der Waals surface area contributed by atoms with Crippen molar-refractivity contribution in [3.63, 3.8) is 0 Å². The van der Waals surface area contributed by atoms with Crippen molar-refractivity contribution in [2.24, 2.45) is 0 Å². The molecule has 0 saturated carbocycles. The number of alkyl halides is 3. The third-order valence-corrected chi connectivity index (χ3v) is 2.89. The maximum absolute atomic E-state index is 11.9. The molecule has 0 aliphatic heterocycles. The molecule has 1 aromatic rings. The zero-order chi connectivity index (χ0) is 8.65. The zero-order valence-corrected chi connectivity index (χ0v) is 7.35. The molecule has 11 heavy (non-hydrogen) atoms. The van der Waals surface area contributed by atoms with Crippen LogP contribution in [0.1, 0.15) is 4.88 Å². The number of nitrogen functional groups attached to an aromatic ring is 1. The van der Waals surface area contributed by atoms with Crippen molar-refractivity contribution >= 4 is 33.3 Å². The first kappa shape index (κ1) is 8.79. The minimum absolute atomic E-state index is 0.123. The molecule has 0 radical (unpaired) electrons. The average Bonchev–Trinajstić information content (AvgIpc) is 2.11. The number of nitrogens with two attached hydrogens (primary N) is 1. The van der Waals surface area contributed by atoms with Crippen LogP contribution in [0.2, 0.25) is 0 Å². The van der Waals surface area contributed by atoms with Crippen molar-refractivity contribution in [1.29, 1.82) is 0 Å². The van der Waals surface area contributed by atoms with E-state index in [0.29, 0.717) is 11.5 Å². The van der Waals surface area contributed by atoms with Crippen LogP contribution in [0.15, 0.2) is 4.47 Å². The van der Waals surface area contributed by atoms with E-state index in [1.807, 2.05) is 0 Å². The molecule has 0 unspecified atom stereocenters. The van der Waals surface area contributed by atoms with Crippen LogP contribution in [0.25, 0.3) is 0 Å². The summed E-state index contributed by atoms with van der Waals surface area (Å²) in [5.74, 6) is -0.123. The van der Waals surface area contributed by atoms with Crippen molar-refractivity contribution in [2.45, 2.75) is 6.18 Å². The standard InChI is InChI=1S/C4H2BrF3N2S/c5-1-2(4(6,7)8)11-10-3(1)9/h(H2,9,10). The summed E-state index contributed by atoms with van der Waals surface area (Å²) in [4.78, 5) is -0.796. The Hall–Kier alpha value is -0.300. The molecule has 0 bridgehead atoms. The SMILES string of the molecule is Nc1nsc(C(F)(F)F)c1Br. The lowest BCUT2D eigenvalue weighted by atomic mass is 10.5. The number of hydrogen-bond acceptors (Lipinski definition) is 3. The fourth-order valence-corrected chi connectivity index (χ4v) is 1.68. The van der Waals surface area contributed by atoms with Gasteiger partial charge in [0.1, 0.15) is 4.88 Å². The lowest BCUT2D eigenvalue weighted by molar-refractivity contribution is -0.134. The van der Waals surface area contributed by atoms with Crippen molar-refractivity contribution < 1.29 is 13.2 Å². The van der Waals surface area contributed by atoms with Crippen LogP contribution in [-0.2, 0) is 6.18 Å². The van der Waals surface area contributed by atoms with Gasteiger partial charge in [0.15, 0.2) is 5.82 Å². The number of nitrogens with zero attached hydrogens (tertiary/aromatic N) is 1.